The second kappa shape index (κ2) is 21.0. The second-order valence-electron chi connectivity index (χ2n) is 16.9. The zero-order valence-electron chi connectivity index (χ0n) is 35.9. The van der Waals surface area contributed by atoms with Crippen molar-refractivity contribution in [3.8, 4) is 0 Å². The molecular formula is C46H57Cl2FN8O6. The van der Waals surface area contributed by atoms with Gasteiger partial charge in [-0.25, -0.2) is 14.4 Å². The van der Waals surface area contributed by atoms with Crippen LogP contribution in [0.2, 0.25) is 0 Å². The molecule has 3 N–H and O–H groups in total. The Balaban J connectivity index is 0.000000156. The van der Waals surface area contributed by atoms with Crippen LogP contribution in [-0.2, 0) is 25.9 Å². The molecule has 2 aromatic carbocycles. The predicted octanol–water partition coefficient (Wildman–Crippen LogP) is 6.96. The Morgan fingerprint density at radius 2 is 1.27 bits per heavy atom. The Bertz CT molecular complexity index is 2620. The number of fused-ring (bicyclic) bond motifs is 4. The van der Waals surface area contributed by atoms with Crippen molar-refractivity contribution in [2.45, 2.75) is 115 Å². The number of nitrogens with zero attached hydrogens (tertiary/aromatic N) is 7. The van der Waals surface area contributed by atoms with Crippen molar-refractivity contribution in [3.05, 3.63) is 115 Å². The fourth-order valence-corrected chi connectivity index (χ4v) is 9.61. The number of benzene rings is 2. The molecule has 8 heterocycles. The first-order valence-corrected chi connectivity index (χ1v) is 22.6. The van der Waals surface area contributed by atoms with E-state index in [-0.39, 0.29) is 29.3 Å². The number of nitrogens with one attached hydrogen (secondary N) is 1. The van der Waals surface area contributed by atoms with Gasteiger partial charge in [-0.05, 0) is 129 Å². The minimum atomic E-state index is -0.641. The Kier molecular flexibility index (Phi) is 15.5. The normalized spacial score (nSPS) is 19.3. The van der Waals surface area contributed by atoms with Crippen molar-refractivity contribution in [2.24, 2.45) is 0 Å². The van der Waals surface area contributed by atoms with Gasteiger partial charge in [0.2, 0.25) is 0 Å². The highest BCUT2D eigenvalue weighted by Crippen LogP contribution is 2.33. The number of aliphatic hydroxyl groups is 2. The van der Waals surface area contributed by atoms with Crippen molar-refractivity contribution in [2.75, 3.05) is 38.6 Å². The molecule has 6 aromatic rings. The van der Waals surface area contributed by atoms with E-state index < -0.39 is 12.2 Å². The highest BCUT2D eigenvalue weighted by Gasteiger charge is 2.28. The lowest BCUT2D eigenvalue weighted by Crippen LogP contribution is -2.37. The zero-order chi connectivity index (χ0) is 43.3. The van der Waals surface area contributed by atoms with Crippen LogP contribution in [0.15, 0.2) is 61.1 Å². The number of aliphatic hydroxyl groups excluding tert-OH is 2. The third-order valence-corrected chi connectivity index (χ3v) is 13.1. The largest absolute Gasteiger partial charge is 0.385 e. The summed E-state index contributed by atoms with van der Waals surface area (Å²) in [4.78, 5) is 36.3. The maximum atomic E-state index is 13.4. The summed E-state index contributed by atoms with van der Waals surface area (Å²) in [5.41, 5.74) is 6.28. The highest BCUT2D eigenvalue weighted by molar-refractivity contribution is 6.18. The molecule has 4 aliphatic heterocycles. The molecule has 14 nitrogen and oxygen atoms in total. The number of hydrogen-bond donors (Lipinski definition) is 3. The molecule has 4 aromatic heterocycles. The first-order valence-electron chi connectivity index (χ1n) is 22.1. The summed E-state index contributed by atoms with van der Waals surface area (Å²) in [5.74, 6) is 1.98. The molecule has 0 radical (unpaired) electrons. The van der Waals surface area contributed by atoms with Crippen LogP contribution in [0.4, 0.5) is 4.39 Å². The number of alkyl halides is 1. The average Bonchev–Trinajstić information content (AvgIpc) is 3.91. The average molecular weight is 908 g/mol. The van der Waals surface area contributed by atoms with Crippen LogP contribution >= 0.6 is 24.0 Å². The maximum Gasteiger partial charge on any atom is 0.257 e. The highest BCUT2D eigenvalue weighted by atomic mass is 35.5. The number of aromatic nitrogens is 6. The number of piperidine rings is 2. The Labute approximate surface area is 376 Å². The van der Waals surface area contributed by atoms with Gasteiger partial charge in [0.25, 0.3) is 11.1 Å². The number of aryl methyl sites for hydroxylation is 2. The molecule has 338 valence electrons. The van der Waals surface area contributed by atoms with E-state index in [4.69, 9.17) is 20.6 Å². The maximum absolute atomic E-state index is 13.4. The number of likely N-dealkylation sites (tertiary alicyclic amines) is 1. The van der Waals surface area contributed by atoms with Gasteiger partial charge in [0, 0.05) is 76.7 Å². The van der Waals surface area contributed by atoms with Gasteiger partial charge in [0.1, 0.15) is 29.7 Å². The molecule has 4 aliphatic rings. The van der Waals surface area contributed by atoms with Gasteiger partial charge in [0.15, 0.2) is 11.2 Å². The van der Waals surface area contributed by atoms with Crippen molar-refractivity contribution >= 4 is 45.9 Å². The van der Waals surface area contributed by atoms with Crippen LogP contribution in [0.25, 0.3) is 21.9 Å². The topological polar surface area (TPSA) is 178 Å². The fourth-order valence-electron chi connectivity index (χ4n) is 9.42. The molecular weight excluding hydrogens is 850 g/mol. The summed E-state index contributed by atoms with van der Waals surface area (Å²) in [6.45, 7) is 9.75. The third kappa shape index (κ3) is 10.2. The molecule has 10 rings (SSSR count). The second-order valence-corrected chi connectivity index (χ2v) is 17.3. The molecule has 17 heteroatoms. The Morgan fingerprint density at radius 3 is 1.87 bits per heavy atom. The van der Waals surface area contributed by atoms with Gasteiger partial charge in [-0.1, -0.05) is 22.4 Å². The van der Waals surface area contributed by atoms with E-state index in [9.17, 15) is 24.2 Å². The van der Waals surface area contributed by atoms with Gasteiger partial charge in [-0.3, -0.25) is 18.7 Å². The van der Waals surface area contributed by atoms with Crippen molar-refractivity contribution < 1.29 is 23.6 Å². The molecule has 0 amide bonds. The molecule has 2 atom stereocenters. The summed E-state index contributed by atoms with van der Waals surface area (Å²) in [7, 11) is 0. The van der Waals surface area contributed by atoms with Gasteiger partial charge < -0.3 is 29.5 Å². The lowest BCUT2D eigenvalue weighted by molar-refractivity contribution is 0.129. The number of rotatable bonds is 7. The third-order valence-electron chi connectivity index (χ3n) is 12.9. The van der Waals surface area contributed by atoms with Crippen molar-refractivity contribution in [3.63, 3.8) is 0 Å². The fraction of sp³-hybridized carbons (Fsp3) is 0.522. The van der Waals surface area contributed by atoms with Crippen LogP contribution in [0.3, 0.4) is 0 Å². The molecule has 0 saturated carbocycles. The zero-order valence-corrected chi connectivity index (χ0v) is 37.5. The van der Waals surface area contributed by atoms with Gasteiger partial charge in [-0.15, -0.1) is 24.0 Å². The van der Waals surface area contributed by atoms with E-state index in [0.29, 0.717) is 85.0 Å². The van der Waals surface area contributed by atoms with Gasteiger partial charge >= 0.3 is 0 Å². The SMILES string of the molecule is Cc1nc2n(c(=O)c1CCCl)CCCC2O.Cc1nc2n(c(=O)c1CCN1CCC(c3noc4cc(F)ccc34)CC1)CCCC2O.Cl.c1ccc2c(C3CCNCC3)noc2c1. The summed E-state index contributed by atoms with van der Waals surface area (Å²) in [6, 6.07) is 12.7. The molecule has 0 spiro atoms. The van der Waals surface area contributed by atoms with Crippen molar-refractivity contribution in [1.29, 1.82) is 0 Å². The van der Waals surface area contributed by atoms with E-state index in [1.807, 2.05) is 25.1 Å². The number of para-hydroxylation sites is 1. The lowest BCUT2D eigenvalue weighted by Gasteiger charge is -2.31. The lowest BCUT2D eigenvalue weighted by atomic mass is 9.91. The van der Waals surface area contributed by atoms with E-state index in [0.717, 1.165) is 105 Å². The monoisotopic (exact) mass is 906 g/mol. The Hall–Kier alpha value is -4.51. The summed E-state index contributed by atoms with van der Waals surface area (Å²) < 4.78 is 27.3. The number of halogens is 3. The van der Waals surface area contributed by atoms with Gasteiger partial charge in [-0.2, -0.15) is 0 Å². The quantitative estimate of drug-likeness (QED) is 0.141. The van der Waals surface area contributed by atoms with Crippen LogP contribution in [-0.4, -0.2) is 83.1 Å². The minimum Gasteiger partial charge on any atom is -0.385 e. The first-order chi connectivity index (χ1) is 30.1. The minimum absolute atomic E-state index is 0. The van der Waals surface area contributed by atoms with Crippen LogP contribution in [0.5, 0.6) is 0 Å². The molecule has 2 unspecified atom stereocenters. The smallest absolute Gasteiger partial charge is 0.257 e. The van der Waals surface area contributed by atoms with Crippen LogP contribution in [0.1, 0.15) is 121 Å². The van der Waals surface area contributed by atoms with Crippen LogP contribution in [0, 0.1) is 19.7 Å². The van der Waals surface area contributed by atoms with E-state index in [1.165, 1.54) is 17.5 Å². The predicted molar refractivity (Wildman–Crippen MR) is 241 cm³/mol. The van der Waals surface area contributed by atoms with Gasteiger partial charge in [0.05, 0.1) is 11.4 Å². The summed E-state index contributed by atoms with van der Waals surface area (Å²) in [5, 5.41) is 33.8. The van der Waals surface area contributed by atoms with Crippen LogP contribution < -0.4 is 16.4 Å². The summed E-state index contributed by atoms with van der Waals surface area (Å²) in [6.07, 6.45) is 7.14. The van der Waals surface area contributed by atoms with E-state index in [2.05, 4.69) is 36.6 Å². The summed E-state index contributed by atoms with van der Waals surface area (Å²) >= 11 is 5.67. The van der Waals surface area contributed by atoms with E-state index in [1.54, 1.807) is 22.1 Å². The molecule has 0 bridgehead atoms. The molecule has 2 saturated heterocycles. The first kappa shape index (κ1) is 46.5. The Morgan fingerprint density at radius 1 is 0.730 bits per heavy atom. The van der Waals surface area contributed by atoms with Crippen molar-refractivity contribution in [1.82, 2.24) is 39.6 Å². The molecule has 0 aliphatic carbocycles. The molecule has 63 heavy (non-hydrogen) atoms. The standard InChI is InChI=1S/C23H27FN4O3.C12H14N2O.C11H15ClN2O2.ClH/c1-14-17(23(30)28-9-2-3-19(29)22(28)25-14)8-12-27-10-6-15(7-11-27)21-18-5-4-16(24)13-20(18)31-26-21;1-2-4-11-10(3-1)12(14-15-11)9-5-7-13-8-6-9;1-7-8(4-5-12)11(16)14-6-2-3-9(15)10(14)13-7;/h4-5,13,15,19,29H,2-3,6-12H2,1H3;1-4,9,13H,5-8H2;9,15H,2-6H2,1H3;1H. The van der Waals surface area contributed by atoms with E-state index >= 15 is 0 Å². The molecule has 2 fully saturated rings. The number of hydrogen-bond acceptors (Lipinski definition) is 12.